The van der Waals surface area contributed by atoms with Gasteiger partial charge >= 0.3 is 39.5 Å². The van der Waals surface area contributed by atoms with Gasteiger partial charge in [-0.05, 0) is 37.5 Å². The van der Waals surface area contributed by atoms with Crippen molar-refractivity contribution in [3.63, 3.8) is 0 Å². The Bertz CT molecular complexity index is 1680. The van der Waals surface area contributed by atoms with Crippen LogP contribution in [-0.4, -0.2) is 96.7 Å². The molecule has 19 heteroatoms. The third-order valence-electron chi connectivity index (χ3n) is 15.5. The number of carbonyl (C=O) groups excluding carboxylic acids is 4. The molecule has 0 aliphatic rings. The fraction of sp³-hybridized carbons (Fsp3) is 0.940. The van der Waals surface area contributed by atoms with Crippen molar-refractivity contribution in [2.24, 2.45) is 11.8 Å². The molecule has 0 radical (unpaired) electrons. The fourth-order valence-corrected chi connectivity index (χ4v) is 11.6. The third-order valence-corrected chi connectivity index (χ3v) is 17.4. The fourth-order valence-electron chi connectivity index (χ4n) is 10.1. The average molecular weight is 1270 g/mol. The van der Waals surface area contributed by atoms with Crippen molar-refractivity contribution in [3.05, 3.63) is 0 Å². The van der Waals surface area contributed by atoms with E-state index in [0.717, 1.165) is 109 Å². The third kappa shape index (κ3) is 60.9. The van der Waals surface area contributed by atoms with E-state index in [9.17, 15) is 43.2 Å². The average Bonchev–Trinajstić information content (AvgIpc) is 3.59. The van der Waals surface area contributed by atoms with E-state index in [1.807, 2.05) is 0 Å². The molecular formula is C67H130O17P2. The first-order chi connectivity index (χ1) is 41.4. The predicted molar refractivity (Wildman–Crippen MR) is 345 cm³/mol. The molecule has 0 saturated carbocycles. The molecule has 3 N–H and O–H groups in total. The van der Waals surface area contributed by atoms with Gasteiger partial charge in [0.15, 0.2) is 12.2 Å². The van der Waals surface area contributed by atoms with E-state index >= 15 is 0 Å². The molecule has 0 aliphatic heterocycles. The van der Waals surface area contributed by atoms with Crippen LogP contribution in [0.25, 0.3) is 0 Å². The minimum atomic E-state index is -4.95. The van der Waals surface area contributed by atoms with Gasteiger partial charge in [-0.15, -0.1) is 0 Å². The van der Waals surface area contributed by atoms with Crippen LogP contribution in [0.1, 0.15) is 337 Å². The van der Waals surface area contributed by atoms with Gasteiger partial charge in [0, 0.05) is 25.7 Å². The molecule has 17 nitrogen and oxygen atoms in total. The minimum Gasteiger partial charge on any atom is -0.462 e. The van der Waals surface area contributed by atoms with Crippen LogP contribution in [0.4, 0.5) is 0 Å². The number of hydrogen-bond acceptors (Lipinski definition) is 15. The van der Waals surface area contributed by atoms with Gasteiger partial charge in [0.2, 0.25) is 0 Å². The van der Waals surface area contributed by atoms with Gasteiger partial charge in [0.05, 0.1) is 26.4 Å². The molecule has 0 amide bonds. The van der Waals surface area contributed by atoms with Crippen LogP contribution >= 0.6 is 15.6 Å². The smallest absolute Gasteiger partial charge is 0.462 e. The van der Waals surface area contributed by atoms with E-state index in [1.54, 1.807) is 0 Å². The largest absolute Gasteiger partial charge is 0.472 e. The lowest BCUT2D eigenvalue weighted by Crippen LogP contribution is -2.30. The van der Waals surface area contributed by atoms with Crippen molar-refractivity contribution in [2.45, 2.75) is 355 Å². The summed E-state index contributed by atoms with van der Waals surface area (Å²) in [5, 5.41) is 10.5. The number of carbonyl (C=O) groups is 4. The number of phosphoric ester groups is 2. The maximum atomic E-state index is 13.0. The van der Waals surface area contributed by atoms with E-state index in [-0.39, 0.29) is 25.7 Å². The summed E-state index contributed by atoms with van der Waals surface area (Å²) in [6.07, 6.45) is 43.3. The standard InChI is InChI=1S/C67H130O17P2/c1-7-9-11-13-15-16-17-18-19-20-24-27-31-38-44-50-65(70)78-56-62(83-66(71)51-45-39-32-28-25-22-21-23-26-30-35-41-47-59(3)4)57-81-85(73,74)79-53-61(68)54-80-86(75,76)82-58-63(55-77-64(69)49-43-37-29-14-12-10-8-2)84-67(72)52-46-40-34-33-36-42-48-60(5)6/h59-63,68H,7-58H2,1-6H3,(H,73,74)(H,75,76)/t61-,62-,63-/m1/s1. The summed E-state index contributed by atoms with van der Waals surface area (Å²) < 4.78 is 68.0. The van der Waals surface area contributed by atoms with E-state index in [1.165, 1.54) is 141 Å². The predicted octanol–water partition coefficient (Wildman–Crippen LogP) is 18.8. The molecule has 0 rings (SSSR count). The summed E-state index contributed by atoms with van der Waals surface area (Å²) in [5.41, 5.74) is 0. The molecule has 0 aromatic rings. The SMILES string of the molecule is CCCCCCCCCCCCCCCCCC(=O)OC[C@H](COP(=O)(O)OC[C@@H](O)COP(=O)(O)OC[C@@H](COC(=O)CCCCCCCCC)OC(=O)CCCCCCCCC(C)C)OC(=O)CCCCCCCCCCCCCCC(C)C. The lowest BCUT2D eigenvalue weighted by Gasteiger charge is -2.21. The Balaban J connectivity index is 5.20. The topological polar surface area (TPSA) is 237 Å². The molecule has 0 bridgehead atoms. The van der Waals surface area contributed by atoms with Crippen LogP contribution in [0.15, 0.2) is 0 Å². The summed E-state index contributed by atoms with van der Waals surface area (Å²) in [4.78, 5) is 72.2. The molecular weight excluding hydrogens is 1140 g/mol. The van der Waals surface area contributed by atoms with Crippen LogP contribution in [-0.2, 0) is 65.4 Å². The van der Waals surface area contributed by atoms with Crippen LogP contribution < -0.4 is 0 Å². The number of hydrogen-bond donors (Lipinski definition) is 3. The van der Waals surface area contributed by atoms with Crippen molar-refractivity contribution in [2.75, 3.05) is 39.6 Å². The molecule has 0 aromatic heterocycles. The van der Waals surface area contributed by atoms with Crippen LogP contribution in [0.2, 0.25) is 0 Å². The number of ether oxygens (including phenoxy) is 4. The second-order valence-corrected chi connectivity index (χ2v) is 28.1. The Morgan fingerprint density at radius 1 is 0.314 bits per heavy atom. The Kier molecular flexibility index (Phi) is 58.0. The molecule has 2 unspecified atom stereocenters. The summed E-state index contributed by atoms with van der Waals surface area (Å²) >= 11 is 0. The highest BCUT2D eigenvalue weighted by Crippen LogP contribution is 2.45. The summed E-state index contributed by atoms with van der Waals surface area (Å²) in [6.45, 7) is 9.40. The van der Waals surface area contributed by atoms with Gasteiger partial charge in [0.1, 0.15) is 19.3 Å². The van der Waals surface area contributed by atoms with Crippen molar-refractivity contribution < 1.29 is 80.2 Å². The van der Waals surface area contributed by atoms with Gasteiger partial charge in [-0.2, -0.15) is 0 Å². The lowest BCUT2D eigenvalue weighted by atomic mass is 10.0. The first-order valence-corrected chi connectivity index (χ1v) is 38.0. The highest BCUT2D eigenvalue weighted by molar-refractivity contribution is 7.47. The van der Waals surface area contributed by atoms with Gasteiger partial charge < -0.3 is 33.8 Å². The Morgan fingerprint density at radius 3 is 0.791 bits per heavy atom. The summed E-state index contributed by atoms with van der Waals surface area (Å²) in [7, 11) is -9.89. The number of aliphatic hydroxyl groups is 1. The molecule has 0 fully saturated rings. The quantitative estimate of drug-likeness (QED) is 0.0222. The second-order valence-electron chi connectivity index (χ2n) is 25.2. The van der Waals surface area contributed by atoms with Crippen molar-refractivity contribution >= 4 is 39.5 Å². The van der Waals surface area contributed by atoms with Crippen molar-refractivity contribution in [3.8, 4) is 0 Å². The zero-order valence-electron chi connectivity index (χ0n) is 55.6. The molecule has 0 spiro atoms. The molecule has 5 atom stereocenters. The molecule has 0 aromatic carbocycles. The monoisotopic (exact) mass is 1270 g/mol. The van der Waals surface area contributed by atoms with Crippen molar-refractivity contribution in [1.29, 1.82) is 0 Å². The Labute approximate surface area is 524 Å². The van der Waals surface area contributed by atoms with Crippen LogP contribution in [0.5, 0.6) is 0 Å². The Hall–Kier alpha value is -1.94. The molecule has 510 valence electrons. The summed E-state index contributed by atoms with van der Waals surface area (Å²) in [6, 6.07) is 0. The number of phosphoric acid groups is 2. The molecule has 0 heterocycles. The van der Waals surface area contributed by atoms with Crippen LogP contribution in [0, 0.1) is 11.8 Å². The zero-order chi connectivity index (χ0) is 63.6. The summed E-state index contributed by atoms with van der Waals surface area (Å²) in [5.74, 6) is -0.690. The molecule has 0 aliphatic carbocycles. The molecule has 0 saturated heterocycles. The first kappa shape index (κ1) is 84.1. The van der Waals surface area contributed by atoms with E-state index < -0.39 is 97.5 Å². The molecule has 86 heavy (non-hydrogen) atoms. The van der Waals surface area contributed by atoms with Crippen LogP contribution in [0.3, 0.4) is 0 Å². The van der Waals surface area contributed by atoms with E-state index in [0.29, 0.717) is 31.6 Å². The van der Waals surface area contributed by atoms with E-state index in [4.69, 9.17) is 37.0 Å². The first-order valence-electron chi connectivity index (χ1n) is 35.0. The highest BCUT2D eigenvalue weighted by Gasteiger charge is 2.30. The number of esters is 4. The van der Waals surface area contributed by atoms with Gasteiger partial charge in [-0.1, -0.05) is 286 Å². The zero-order valence-corrected chi connectivity index (χ0v) is 57.4. The van der Waals surface area contributed by atoms with E-state index in [2.05, 4.69) is 41.5 Å². The maximum Gasteiger partial charge on any atom is 0.472 e. The van der Waals surface area contributed by atoms with Gasteiger partial charge in [-0.3, -0.25) is 37.3 Å². The number of aliphatic hydroxyl groups excluding tert-OH is 1. The maximum absolute atomic E-state index is 13.0. The number of unbranched alkanes of at least 4 members (excludes halogenated alkanes) is 36. The minimum absolute atomic E-state index is 0.102. The Morgan fingerprint density at radius 2 is 0.535 bits per heavy atom. The second kappa shape index (κ2) is 59.4. The van der Waals surface area contributed by atoms with Gasteiger partial charge in [-0.25, -0.2) is 9.13 Å². The number of rotatable bonds is 66. The highest BCUT2D eigenvalue weighted by atomic mass is 31.2. The lowest BCUT2D eigenvalue weighted by molar-refractivity contribution is -0.161. The van der Waals surface area contributed by atoms with Crippen molar-refractivity contribution in [1.82, 2.24) is 0 Å². The van der Waals surface area contributed by atoms with Gasteiger partial charge in [0.25, 0.3) is 0 Å². The normalized spacial score (nSPS) is 14.2.